The Hall–Kier alpha value is 1.08. The van der Waals surface area contributed by atoms with Gasteiger partial charge < -0.3 is 0 Å². The summed E-state index contributed by atoms with van der Waals surface area (Å²) in [5.41, 5.74) is 0. The van der Waals surface area contributed by atoms with Crippen molar-refractivity contribution in [2.45, 2.75) is 31.9 Å². The van der Waals surface area contributed by atoms with Gasteiger partial charge in [-0.1, -0.05) is 20.8 Å². The van der Waals surface area contributed by atoms with Gasteiger partial charge in [0.2, 0.25) is 0 Å². The summed E-state index contributed by atoms with van der Waals surface area (Å²) in [4.78, 5) is 0. The number of rotatable bonds is 1. The fraction of sp³-hybridized carbons (Fsp3) is 1.00. The third-order valence-electron chi connectivity index (χ3n) is 0.865. The van der Waals surface area contributed by atoms with E-state index in [1.165, 1.54) is 0 Å². The lowest BCUT2D eigenvalue weighted by molar-refractivity contribution is 0.691. The minimum Gasteiger partial charge on any atom is -0.173 e. The van der Waals surface area contributed by atoms with Crippen LogP contribution in [-0.2, 0) is 0 Å². The molecule has 0 aliphatic heterocycles. The van der Waals surface area contributed by atoms with Crippen molar-refractivity contribution in [1.82, 2.24) is 0 Å². The van der Waals surface area contributed by atoms with Gasteiger partial charge in [-0.05, 0) is 6.42 Å². The van der Waals surface area contributed by atoms with Crippen molar-refractivity contribution in [3.8, 4) is 0 Å². The quantitative estimate of drug-likeness (QED) is 0.521. The van der Waals surface area contributed by atoms with E-state index in [2.05, 4.69) is 33.4 Å². The molecular weight excluding hydrogens is 219 g/mol. The van der Waals surface area contributed by atoms with Gasteiger partial charge in [0.15, 0.2) is 0 Å². The van der Waals surface area contributed by atoms with E-state index in [9.17, 15) is 0 Å². The van der Waals surface area contributed by atoms with Crippen molar-refractivity contribution in [3.05, 3.63) is 0 Å². The lowest BCUT2D eigenvalue weighted by Gasteiger charge is -2.11. The topological polar surface area (TPSA) is 0 Å². The molecule has 0 radical (unpaired) electrons. The first-order chi connectivity index (χ1) is 2.56. The predicted molar refractivity (Wildman–Crippen MR) is 48.8 cm³/mol. The van der Waals surface area contributed by atoms with Crippen molar-refractivity contribution in [2.75, 3.05) is 0 Å². The van der Waals surface area contributed by atoms with Crippen molar-refractivity contribution in [1.29, 1.82) is 0 Å². The second-order valence-electron chi connectivity index (χ2n) is 2.17. The third kappa shape index (κ3) is 11.0. The summed E-state index contributed by atoms with van der Waals surface area (Å²) in [5.74, 6) is 0. The first-order valence-corrected chi connectivity index (χ1v) is 2.73. The zero-order valence-corrected chi connectivity index (χ0v) is 8.29. The Morgan fingerprint density at radius 3 is 1.57 bits per heavy atom. The highest BCUT2D eigenvalue weighted by Gasteiger charge is 2.04. The second-order valence-corrected chi connectivity index (χ2v) is 3.38. The van der Waals surface area contributed by atoms with Crippen molar-refractivity contribution >= 4 is 36.6 Å². The standard InChI is InChI=1S/C5H12S.HI/c1-4-5(2,3)6;/h6H,4H2,1-3H3;1H. The summed E-state index contributed by atoms with van der Waals surface area (Å²) in [7, 11) is 0. The lowest BCUT2D eigenvalue weighted by Crippen LogP contribution is -2.06. The van der Waals surface area contributed by atoms with Gasteiger partial charge in [0.1, 0.15) is 0 Å². The summed E-state index contributed by atoms with van der Waals surface area (Å²) in [6.45, 7) is 6.35. The second kappa shape index (κ2) is 4.01. The molecule has 0 nitrogen and oxygen atoms in total. The van der Waals surface area contributed by atoms with Gasteiger partial charge in [0.05, 0.1) is 0 Å². The predicted octanol–water partition coefficient (Wildman–Crippen LogP) is 2.72. The SMILES string of the molecule is CCC(C)(C)S.I. The molecule has 0 aliphatic carbocycles. The van der Waals surface area contributed by atoms with Crippen LogP contribution in [-0.4, -0.2) is 4.75 Å². The van der Waals surface area contributed by atoms with Gasteiger partial charge in [0, 0.05) is 4.75 Å². The molecule has 0 heterocycles. The monoisotopic (exact) mass is 232 g/mol. The highest BCUT2D eigenvalue weighted by molar-refractivity contribution is 14.0. The minimum absolute atomic E-state index is 0. The zero-order valence-electron chi connectivity index (χ0n) is 5.06. The van der Waals surface area contributed by atoms with E-state index in [0.717, 1.165) is 6.42 Å². The Morgan fingerprint density at radius 2 is 1.57 bits per heavy atom. The van der Waals surface area contributed by atoms with Crippen LogP contribution in [0.25, 0.3) is 0 Å². The molecule has 46 valence electrons. The molecular formula is C5H13IS. The maximum Gasteiger partial charge on any atom is 0.00705 e. The van der Waals surface area contributed by atoms with Crippen LogP contribution in [0.3, 0.4) is 0 Å². The first kappa shape index (κ1) is 11.0. The molecule has 7 heavy (non-hydrogen) atoms. The fourth-order valence-electron chi connectivity index (χ4n) is 0. The highest BCUT2D eigenvalue weighted by Crippen LogP contribution is 2.14. The van der Waals surface area contributed by atoms with E-state index in [1.807, 2.05) is 0 Å². The molecule has 0 N–H and O–H groups in total. The summed E-state index contributed by atoms with van der Waals surface area (Å²) < 4.78 is 0.236. The van der Waals surface area contributed by atoms with Gasteiger partial charge in [0.25, 0.3) is 0 Å². The van der Waals surface area contributed by atoms with Gasteiger partial charge in [-0.25, -0.2) is 0 Å². The van der Waals surface area contributed by atoms with E-state index in [0.29, 0.717) is 0 Å². The maximum absolute atomic E-state index is 4.25. The van der Waals surface area contributed by atoms with Crippen LogP contribution in [0.4, 0.5) is 0 Å². The summed E-state index contributed by atoms with van der Waals surface area (Å²) in [6, 6.07) is 0. The molecule has 0 fully saturated rings. The van der Waals surface area contributed by atoms with E-state index in [1.54, 1.807) is 0 Å². The van der Waals surface area contributed by atoms with Gasteiger partial charge in [-0.3, -0.25) is 0 Å². The third-order valence-corrected chi connectivity index (χ3v) is 1.18. The van der Waals surface area contributed by atoms with E-state index < -0.39 is 0 Å². The Bertz CT molecular complexity index is 37.8. The summed E-state index contributed by atoms with van der Waals surface area (Å²) in [6.07, 6.45) is 1.14. The zero-order chi connectivity index (χ0) is 5.21. The first-order valence-electron chi connectivity index (χ1n) is 2.28. The highest BCUT2D eigenvalue weighted by atomic mass is 127. The molecule has 0 aliphatic rings. The van der Waals surface area contributed by atoms with Crippen LogP contribution >= 0.6 is 36.6 Å². The smallest absolute Gasteiger partial charge is 0.00705 e. The van der Waals surface area contributed by atoms with Gasteiger partial charge in [-0.15, -0.1) is 24.0 Å². The molecule has 2 heteroatoms. The lowest BCUT2D eigenvalue weighted by atomic mass is 10.1. The molecule has 0 spiro atoms. The van der Waals surface area contributed by atoms with Crippen LogP contribution in [0.2, 0.25) is 0 Å². The molecule has 0 aromatic carbocycles. The Kier molecular flexibility index (Phi) is 6.27. The summed E-state index contributed by atoms with van der Waals surface area (Å²) >= 11 is 4.25. The molecule has 0 amide bonds. The number of thiol groups is 1. The van der Waals surface area contributed by atoms with E-state index in [4.69, 9.17) is 0 Å². The number of hydrogen-bond acceptors (Lipinski definition) is 1. The van der Waals surface area contributed by atoms with Crippen LogP contribution in [0.5, 0.6) is 0 Å². The van der Waals surface area contributed by atoms with Crippen molar-refractivity contribution < 1.29 is 0 Å². The maximum atomic E-state index is 4.25. The van der Waals surface area contributed by atoms with Crippen LogP contribution in [0.15, 0.2) is 0 Å². The Balaban J connectivity index is 0. The molecule has 0 rings (SSSR count). The van der Waals surface area contributed by atoms with Crippen LogP contribution in [0.1, 0.15) is 27.2 Å². The average molecular weight is 232 g/mol. The summed E-state index contributed by atoms with van der Waals surface area (Å²) in [5, 5.41) is 0. The average Bonchev–Trinajstić information content (AvgIpc) is 1.35. The molecule has 0 unspecified atom stereocenters. The van der Waals surface area contributed by atoms with Crippen molar-refractivity contribution in [2.24, 2.45) is 0 Å². The minimum atomic E-state index is 0. The van der Waals surface area contributed by atoms with Crippen LogP contribution in [0, 0.1) is 0 Å². The molecule has 0 atom stereocenters. The van der Waals surface area contributed by atoms with Gasteiger partial charge in [-0.2, -0.15) is 12.6 Å². The van der Waals surface area contributed by atoms with Crippen molar-refractivity contribution in [3.63, 3.8) is 0 Å². The largest absolute Gasteiger partial charge is 0.173 e. The number of hydrogen-bond donors (Lipinski definition) is 1. The van der Waals surface area contributed by atoms with E-state index in [-0.39, 0.29) is 28.7 Å². The molecule has 0 saturated heterocycles. The molecule has 0 aromatic heterocycles. The normalized spacial score (nSPS) is 10.3. The van der Waals surface area contributed by atoms with Gasteiger partial charge >= 0.3 is 0 Å². The molecule has 0 saturated carbocycles. The molecule has 0 aromatic rings. The molecule has 0 bridgehead atoms. The fourth-order valence-corrected chi connectivity index (χ4v) is 0. The Morgan fingerprint density at radius 1 is 1.43 bits per heavy atom. The number of halogens is 1. The Labute approximate surface area is 68.5 Å². The van der Waals surface area contributed by atoms with Crippen LogP contribution < -0.4 is 0 Å². The van der Waals surface area contributed by atoms with E-state index >= 15 is 0 Å².